The number of hydrogen-bond acceptors (Lipinski definition) is 6. The molecule has 2 aliphatic rings. The number of piperazine rings is 1. The Kier molecular flexibility index (Phi) is 8.23. The first-order valence-electron chi connectivity index (χ1n) is 12.2. The molecule has 2 aromatic rings. The van der Waals surface area contributed by atoms with Gasteiger partial charge in [0, 0.05) is 49.7 Å². The van der Waals surface area contributed by atoms with Gasteiger partial charge in [0.2, 0.25) is 5.91 Å². The van der Waals surface area contributed by atoms with Crippen LogP contribution in [0.25, 0.3) is 0 Å². The summed E-state index contributed by atoms with van der Waals surface area (Å²) in [6.45, 7) is 1.54. The van der Waals surface area contributed by atoms with Gasteiger partial charge < -0.3 is 19.9 Å². The Bertz CT molecular complexity index is 1180. The van der Waals surface area contributed by atoms with Crippen LogP contribution in [0.3, 0.4) is 0 Å². The number of halogens is 6. The highest BCUT2D eigenvalue weighted by molar-refractivity contribution is 5.77. The summed E-state index contributed by atoms with van der Waals surface area (Å²) in [7, 11) is 0. The van der Waals surface area contributed by atoms with Gasteiger partial charge in [-0.05, 0) is 55.7 Å². The summed E-state index contributed by atoms with van der Waals surface area (Å²) < 4.78 is 83.7. The van der Waals surface area contributed by atoms with Crippen LogP contribution in [-0.4, -0.2) is 60.7 Å². The predicted octanol–water partition coefficient (Wildman–Crippen LogP) is 5.33. The largest absolute Gasteiger partial charge is 0.423 e. The first-order valence-corrected chi connectivity index (χ1v) is 12.2. The minimum atomic E-state index is -4.87. The number of nitro benzene ring substituents is 1. The molecule has 0 radical (unpaired) electrons. The third-order valence-electron chi connectivity index (χ3n) is 6.89. The van der Waals surface area contributed by atoms with Crippen molar-refractivity contribution in [3.63, 3.8) is 0 Å². The molecule has 39 heavy (non-hydrogen) atoms. The second-order valence-electron chi connectivity index (χ2n) is 9.49. The molecule has 1 aliphatic heterocycles. The lowest BCUT2D eigenvalue weighted by molar-refractivity contribution is -0.388. The lowest BCUT2D eigenvalue weighted by Gasteiger charge is -2.36. The highest BCUT2D eigenvalue weighted by Gasteiger charge is 2.39. The standard InChI is InChI=1S/C25H26F6N4O4/c26-24(27,28)16-1-5-19(6-2-16)33-9-11-34(12-10-33)23(36)15-39-20-7-3-17(13-20)32-18-4-8-22(35(37)38)21(14-18)25(29,30)31/h1-2,4-6,8,14,17,20,32H,3,7,9-13,15H2/t17-,20-/m1/s1. The quantitative estimate of drug-likeness (QED) is 0.280. The van der Waals surface area contributed by atoms with E-state index in [0.29, 0.717) is 51.1 Å². The number of hydrogen-bond donors (Lipinski definition) is 1. The van der Waals surface area contributed by atoms with E-state index in [2.05, 4.69) is 5.32 Å². The fraction of sp³-hybridized carbons (Fsp3) is 0.480. The third-order valence-corrected chi connectivity index (χ3v) is 6.89. The smallest absolute Gasteiger partial charge is 0.382 e. The van der Waals surface area contributed by atoms with Gasteiger partial charge in [0.1, 0.15) is 12.2 Å². The van der Waals surface area contributed by atoms with Crippen LogP contribution in [0.1, 0.15) is 30.4 Å². The molecule has 0 bridgehead atoms. The number of ether oxygens (including phenoxy) is 1. The van der Waals surface area contributed by atoms with Crippen LogP contribution in [0.4, 0.5) is 43.4 Å². The number of carbonyl (C=O) groups is 1. The van der Waals surface area contributed by atoms with Crippen molar-refractivity contribution in [1.29, 1.82) is 0 Å². The first-order chi connectivity index (χ1) is 18.3. The van der Waals surface area contributed by atoms with Crippen molar-refractivity contribution in [1.82, 2.24) is 4.90 Å². The molecule has 1 saturated carbocycles. The van der Waals surface area contributed by atoms with Crippen LogP contribution in [0, 0.1) is 10.1 Å². The summed E-state index contributed by atoms with van der Waals surface area (Å²) >= 11 is 0. The van der Waals surface area contributed by atoms with Crippen molar-refractivity contribution in [2.45, 2.75) is 43.8 Å². The van der Waals surface area contributed by atoms with Crippen molar-refractivity contribution in [3.8, 4) is 0 Å². The molecular weight excluding hydrogens is 534 g/mol. The average molecular weight is 560 g/mol. The summed E-state index contributed by atoms with van der Waals surface area (Å²) in [6, 6.07) is 7.44. The van der Waals surface area contributed by atoms with Gasteiger partial charge in [-0.1, -0.05) is 0 Å². The number of rotatable bonds is 7. The van der Waals surface area contributed by atoms with E-state index in [-0.39, 0.29) is 30.3 Å². The minimum Gasteiger partial charge on any atom is -0.382 e. The minimum absolute atomic E-state index is 0.112. The molecule has 212 valence electrons. The van der Waals surface area contributed by atoms with Gasteiger partial charge in [-0.2, -0.15) is 26.3 Å². The van der Waals surface area contributed by atoms with Crippen LogP contribution in [0.5, 0.6) is 0 Å². The van der Waals surface area contributed by atoms with Crippen molar-refractivity contribution < 1.29 is 40.8 Å². The van der Waals surface area contributed by atoms with Gasteiger partial charge >= 0.3 is 12.4 Å². The summed E-state index contributed by atoms with van der Waals surface area (Å²) in [5.74, 6) is -0.219. The number of benzene rings is 2. The fourth-order valence-corrected chi connectivity index (χ4v) is 4.83. The molecule has 1 N–H and O–H groups in total. The summed E-state index contributed by atoms with van der Waals surface area (Å²) in [6.07, 6.45) is -7.92. The highest BCUT2D eigenvalue weighted by atomic mass is 19.4. The zero-order valence-corrected chi connectivity index (χ0v) is 20.6. The molecule has 0 unspecified atom stereocenters. The van der Waals surface area contributed by atoms with Crippen molar-refractivity contribution in [2.75, 3.05) is 43.0 Å². The Morgan fingerprint density at radius 2 is 1.64 bits per heavy atom. The number of amides is 1. The van der Waals surface area contributed by atoms with Crippen molar-refractivity contribution in [2.24, 2.45) is 0 Å². The Morgan fingerprint density at radius 1 is 0.974 bits per heavy atom. The zero-order chi connectivity index (χ0) is 28.4. The second kappa shape index (κ2) is 11.3. The summed E-state index contributed by atoms with van der Waals surface area (Å²) in [5.41, 5.74) is -2.31. The van der Waals surface area contributed by atoms with E-state index in [1.54, 1.807) is 4.90 Å². The lowest BCUT2D eigenvalue weighted by atomic mass is 10.1. The summed E-state index contributed by atoms with van der Waals surface area (Å²) in [4.78, 5) is 26.0. The molecule has 2 atom stereocenters. The molecular formula is C25H26F6N4O4. The number of carbonyl (C=O) groups excluding carboxylic acids is 1. The molecule has 0 aromatic heterocycles. The predicted molar refractivity (Wildman–Crippen MR) is 129 cm³/mol. The third kappa shape index (κ3) is 7.11. The maximum Gasteiger partial charge on any atom is 0.423 e. The van der Waals surface area contributed by atoms with Gasteiger partial charge in [-0.25, -0.2) is 0 Å². The molecule has 2 aromatic carbocycles. The molecule has 1 saturated heterocycles. The van der Waals surface area contributed by atoms with Crippen molar-refractivity contribution >= 4 is 23.0 Å². The molecule has 2 fully saturated rings. The normalized spacial score (nSPS) is 20.3. The van der Waals surface area contributed by atoms with Crippen LogP contribution in [0.2, 0.25) is 0 Å². The monoisotopic (exact) mass is 560 g/mol. The van der Waals surface area contributed by atoms with Gasteiger partial charge in [0.25, 0.3) is 5.69 Å². The molecule has 1 aliphatic carbocycles. The molecule has 0 spiro atoms. The molecule has 1 amide bonds. The number of nitrogens with zero attached hydrogens (tertiary/aromatic N) is 3. The summed E-state index contributed by atoms with van der Waals surface area (Å²) in [5, 5.41) is 13.9. The molecule has 14 heteroatoms. The Morgan fingerprint density at radius 3 is 2.23 bits per heavy atom. The zero-order valence-electron chi connectivity index (χ0n) is 20.6. The number of nitrogens with one attached hydrogen (secondary N) is 1. The maximum absolute atomic E-state index is 13.2. The van der Waals surface area contributed by atoms with E-state index in [9.17, 15) is 41.3 Å². The molecule has 8 nitrogen and oxygen atoms in total. The molecule has 4 rings (SSSR count). The highest BCUT2D eigenvalue weighted by Crippen LogP contribution is 2.38. The van der Waals surface area contributed by atoms with Crippen molar-refractivity contribution in [3.05, 3.63) is 63.7 Å². The van der Waals surface area contributed by atoms with Crippen LogP contribution >= 0.6 is 0 Å². The van der Waals surface area contributed by atoms with Crippen LogP contribution < -0.4 is 10.2 Å². The number of alkyl halides is 6. The Labute approximate surface area is 219 Å². The van der Waals surface area contributed by atoms with E-state index in [1.807, 2.05) is 4.90 Å². The van der Waals surface area contributed by atoms with Crippen LogP contribution in [0.15, 0.2) is 42.5 Å². The Balaban J connectivity index is 1.22. The van der Waals surface area contributed by atoms with E-state index in [4.69, 9.17) is 4.74 Å². The average Bonchev–Trinajstić information content (AvgIpc) is 3.33. The topological polar surface area (TPSA) is 87.9 Å². The van der Waals surface area contributed by atoms with E-state index >= 15 is 0 Å². The van der Waals surface area contributed by atoms with Crippen LogP contribution in [-0.2, 0) is 21.9 Å². The SMILES string of the molecule is O=C(CO[C@@H]1CC[C@@H](Nc2ccc([N+](=O)[O-])c(C(F)(F)F)c2)C1)N1CCN(c2ccc(C(F)(F)F)cc2)CC1. The second-order valence-corrected chi connectivity index (χ2v) is 9.49. The van der Waals surface area contributed by atoms with E-state index < -0.39 is 34.1 Å². The number of nitro groups is 1. The first kappa shape index (κ1) is 28.5. The van der Waals surface area contributed by atoms with E-state index in [1.165, 1.54) is 18.2 Å². The lowest BCUT2D eigenvalue weighted by Crippen LogP contribution is -2.50. The van der Waals surface area contributed by atoms with Gasteiger partial charge in [0.15, 0.2) is 0 Å². The Hall–Kier alpha value is -3.55. The van der Waals surface area contributed by atoms with Gasteiger partial charge in [-0.15, -0.1) is 0 Å². The number of anilines is 2. The fourth-order valence-electron chi connectivity index (χ4n) is 4.83. The van der Waals surface area contributed by atoms with Gasteiger partial charge in [0.05, 0.1) is 16.6 Å². The molecule has 1 heterocycles. The van der Waals surface area contributed by atoms with E-state index in [0.717, 1.165) is 24.3 Å². The van der Waals surface area contributed by atoms with Gasteiger partial charge in [-0.3, -0.25) is 14.9 Å². The maximum atomic E-state index is 13.2.